The van der Waals surface area contributed by atoms with Gasteiger partial charge in [-0.25, -0.2) is 17.5 Å². The lowest BCUT2D eigenvalue weighted by Gasteiger charge is -2.34. The molecule has 1 aromatic carbocycles. The fourth-order valence-electron chi connectivity index (χ4n) is 3.65. The number of sulfonamides is 1. The second-order valence-electron chi connectivity index (χ2n) is 6.99. The van der Waals surface area contributed by atoms with Gasteiger partial charge in [0.25, 0.3) is 0 Å². The normalized spacial score (nSPS) is 24.4. The van der Waals surface area contributed by atoms with Gasteiger partial charge in [-0.15, -0.1) is 0 Å². The number of rotatable bonds is 5. The molecule has 1 saturated carbocycles. The number of carbonyl (C=O) groups excluding carboxylic acids is 1. The molecule has 1 heterocycles. The van der Waals surface area contributed by atoms with Crippen molar-refractivity contribution in [1.29, 1.82) is 0 Å². The molecule has 1 aromatic rings. The van der Waals surface area contributed by atoms with Crippen LogP contribution in [0.3, 0.4) is 0 Å². The third-order valence-electron chi connectivity index (χ3n) is 5.02. The summed E-state index contributed by atoms with van der Waals surface area (Å²) in [6, 6.07) is 3.98. The van der Waals surface area contributed by atoms with Crippen LogP contribution in [-0.2, 0) is 21.2 Å². The summed E-state index contributed by atoms with van der Waals surface area (Å²) in [5, 5.41) is 0. The molecule has 1 N–H and O–H groups in total. The lowest BCUT2D eigenvalue weighted by molar-refractivity contribution is -0.139. The van der Waals surface area contributed by atoms with Crippen LogP contribution in [0.4, 0.5) is 4.39 Å². The van der Waals surface area contributed by atoms with Gasteiger partial charge in [-0.2, -0.15) is 0 Å². The van der Waals surface area contributed by atoms with Crippen LogP contribution in [0, 0.1) is 11.7 Å². The first-order chi connectivity index (χ1) is 11.7. The average molecular weight is 433 g/mol. The van der Waals surface area contributed by atoms with Crippen molar-refractivity contribution in [2.75, 3.05) is 12.8 Å². The number of carbonyl (C=O) groups is 1. The largest absolute Gasteiger partial charge is 0.337 e. The molecule has 1 aliphatic heterocycles. The Balaban J connectivity index is 1.84. The number of hydrogen-bond donors (Lipinski definition) is 1. The molecule has 5 nitrogen and oxygen atoms in total. The number of benzene rings is 1. The smallest absolute Gasteiger partial charge is 0.225 e. The van der Waals surface area contributed by atoms with E-state index in [0.717, 1.165) is 31.1 Å². The van der Waals surface area contributed by atoms with Crippen LogP contribution < -0.4 is 4.72 Å². The van der Waals surface area contributed by atoms with Crippen molar-refractivity contribution >= 4 is 31.9 Å². The molecule has 25 heavy (non-hydrogen) atoms. The van der Waals surface area contributed by atoms with E-state index in [1.807, 2.05) is 6.07 Å². The van der Waals surface area contributed by atoms with Gasteiger partial charge < -0.3 is 4.90 Å². The number of likely N-dealkylation sites (tertiary alicyclic amines) is 1. The minimum Gasteiger partial charge on any atom is -0.337 e. The van der Waals surface area contributed by atoms with Gasteiger partial charge in [0.1, 0.15) is 5.82 Å². The summed E-state index contributed by atoms with van der Waals surface area (Å²) in [4.78, 5) is 14.5. The zero-order valence-electron chi connectivity index (χ0n) is 14.0. The first-order valence-corrected chi connectivity index (χ1v) is 11.1. The molecule has 1 aliphatic carbocycles. The molecular formula is C17H22BrFN2O3S. The number of nitrogens with one attached hydrogen (secondary N) is 1. The fraction of sp³-hybridized carbons (Fsp3) is 0.588. The third-order valence-corrected chi connectivity index (χ3v) is 6.20. The molecular weight excluding hydrogens is 411 g/mol. The zero-order valence-corrected chi connectivity index (χ0v) is 16.4. The van der Waals surface area contributed by atoms with Crippen LogP contribution in [0.2, 0.25) is 0 Å². The minimum atomic E-state index is -3.38. The summed E-state index contributed by atoms with van der Waals surface area (Å²) in [6.45, 7) is 0.531. The lowest BCUT2D eigenvalue weighted by Crippen LogP contribution is -2.49. The molecule has 1 saturated heterocycles. The summed E-state index contributed by atoms with van der Waals surface area (Å²) < 4.78 is 40.4. The summed E-state index contributed by atoms with van der Waals surface area (Å²) in [5.41, 5.74) is 0.741. The molecule has 0 bridgehead atoms. The molecule has 2 fully saturated rings. The van der Waals surface area contributed by atoms with Crippen LogP contribution >= 0.6 is 15.9 Å². The topological polar surface area (TPSA) is 66.5 Å². The number of halogens is 2. The third kappa shape index (κ3) is 4.60. The molecule has 138 valence electrons. The highest BCUT2D eigenvalue weighted by atomic mass is 79.9. The standard InChI is InChI=1S/C17H22BrFN2O3S/c1-25(23,24)20-15-5-6-21(17(22)12-3-2-4-12)16(15)9-11-7-13(18)10-14(19)8-11/h7-8,10,12,15-16,20H,2-6,9H2,1H3/t15-,16-/m0/s1. The maximum atomic E-state index is 13.7. The predicted molar refractivity (Wildman–Crippen MR) is 97.0 cm³/mol. The van der Waals surface area contributed by atoms with Crippen LogP contribution in [0.15, 0.2) is 22.7 Å². The SMILES string of the molecule is CS(=O)(=O)N[C@H]1CCN(C(=O)C2CCC2)[C@H]1Cc1cc(F)cc(Br)c1. The second kappa shape index (κ2) is 7.32. The van der Waals surface area contributed by atoms with Crippen molar-refractivity contribution < 1.29 is 17.6 Å². The Morgan fingerprint density at radius 1 is 1.32 bits per heavy atom. The van der Waals surface area contributed by atoms with E-state index in [1.54, 1.807) is 4.90 Å². The van der Waals surface area contributed by atoms with Crippen molar-refractivity contribution in [2.24, 2.45) is 5.92 Å². The van der Waals surface area contributed by atoms with Crippen LogP contribution in [-0.4, -0.2) is 44.1 Å². The monoisotopic (exact) mass is 432 g/mol. The maximum Gasteiger partial charge on any atom is 0.225 e. The Hall–Kier alpha value is -0.990. The fourth-order valence-corrected chi connectivity index (χ4v) is 4.99. The first-order valence-electron chi connectivity index (χ1n) is 8.46. The van der Waals surface area contributed by atoms with Crippen molar-refractivity contribution in [2.45, 2.75) is 44.2 Å². The summed E-state index contributed by atoms with van der Waals surface area (Å²) in [5.74, 6) is -0.199. The number of amides is 1. The van der Waals surface area contributed by atoms with Crippen molar-refractivity contribution in [3.05, 3.63) is 34.1 Å². The van der Waals surface area contributed by atoms with Gasteiger partial charge in [-0.05, 0) is 49.4 Å². The molecule has 1 amide bonds. The van der Waals surface area contributed by atoms with Gasteiger partial charge in [0.05, 0.1) is 12.3 Å². The van der Waals surface area contributed by atoms with Gasteiger partial charge in [-0.1, -0.05) is 22.4 Å². The zero-order chi connectivity index (χ0) is 18.2. The lowest BCUT2D eigenvalue weighted by atomic mass is 9.84. The van der Waals surface area contributed by atoms with E-state index < -0.39 is 10.0 Å². The highest BCUT2D eigenvalue weighted by Crippen LogP contribution is 2.32. The maximum absolute atomic E-state index is 13.7. The van der Waals surface area contributed by atoms with Crippen LogP contribution in [0.1, 0.15) is 31.2 Å². The molecule has 8 heteroatoms. The van der Waals surface area contributed by atoms with E-state index in [2.05, 4.69) is 20.7 Å². The van der Waals surface area contributed by atoms with E-state index in [9.17, 15) is 17.6 Å². The van der Waals surface area contributed by atoms with Gasteiger partial charge in [0.15, 0.2) is 0 Å². The Morgan fingerprint density at radius 3 is 2.60 bits per heavy atom. The number of hydrogen-bond acceptors (Lipinski definition) is 3. The Labute approximate surface area is 156 Å². The summed E-state index contributed by atoms with van der Waals surface area (Å²) >= 11 is 3.28. The van der Waals surface area contributed by atoms with Crippen molar-refractivity contribution in [3.63, 3.8) is 0 Å². The van der Waals surface area contributed by atoms with Gasteiger partial charge >= 0.3 is 0 Å². The Kier molecular flexibility index (Phi) is 5.51. The van der Waals surface area contributed by atoms with Crippen molar-refractivity contribution in [3.8, 4) is 0 Å². The molecule has 0 aromatic heterocycles. The highest BCUT2D eigenvalue weighted by molar-refractivity contribution is 9.10. The average Bonchev–Trinajstić information content (AvgIpc) is 2.76. The predicted octanol–water partition coefficient (Wildman–Crippen LogP) is 2.45. The Morgan fingerprint density at radius 2 is 2.04 bits per heavy atom. The molecule has 2 atom stereocenters. The van der Waals surface area contributed by atoms with Gasteiger partial charge in [0.2, 0.25) is 15.9 Å². The molecule has 0 radical (unpaired) electrons. The van der Waals surface area contributed by atoms with Gasteiger partial charge in [-0.3, -0.25) is 4.79 Å². The summed E-state index contributed by atoms with van der Waals surface area (Å²) in [7, 11) is -3.38. The van der Waals surface area contributed by atoms with Crippen LogP contribution in [0.5, 0.6) is 0 Å². The quantitative estimate of drug-likeness (QED) is 0.776. The van der Waals surface area contributed by atoms with E-state index in [4.69, 9.17) is 0 Å². The molecule has 0 spiro atoms. The Bertz CT molecular complexity index is 747. The highest BCUT2D eigenvalue weighted by Gasteiger charge is 2.41. The number of nitrogens with zero attached hydrogens (tertiary/aromatic N) is 1. The van der Waals surface area contributed by atoms with E-state index in [-0.39, 0.29) is 29.7 Å². The van der Waals surface area contributed by atoms with E-state index in [0.29, 0.717) is 23.9 Å². The second-order valence-corrected chi connectivity index (χ2v) is 9.69. The minimum absolute atomic E-state index is 0.0544. The van der Waals surface area contributed by atoms with Crippen molar-refractivity contribution in [1.82, 2.24) is 9.62 Å². The molecule has 0 unspecified atom stereocenters. The molecule has 2 aliphatic rings. The van der Waals surface area contributed by atoms with E-state index in [1.165, 1.54) is 12.1 Å². The van der Waals surface area contributed by atoms with Crippen LogP contribution in [0.25, 0.3) is 0 Å². The van der Waals surface area contributed by atoms with Gasteiger partial charge in [0, 0.05) is 23.0 Å². The van der Waals surface area contributed by atoms with E-state index >= 15 is 0 Å². The summed E-state index contributed by atoms with van der Waals surface area (Å²) in [6.07, 6.45) is 4.99. The molecule has 3 rings (SSSR count). The first kappa shape index (κ1) is 18.8.